The van der Waals surface area contributed by atoms with E-state index >= 15 is 0 Å². The predicted molar refractivity (Wildman–Crippen MR) is 83.6 cm³/mol. The number of carbonyl (C=O) groups is 1. The van der Waals surface area contributed by atoms with Crippen molar-refractivity contribution < 1.29 is 9.53 Å². The highest BCUT2D eigenvalue weighted by molar-refractivity contribution is 6.04. The van der Waals surface area contributed by atoms with Gasteiger partial charge in [-0.2, -0.15) is 0 Å². The first kappa shape index (κ1) is 13.4. The van der Waals surface area contributed by atoms with Gasteiger partial charge in [-0.3, -0.25) is 4.79 Å². The van der Waals surface area contributed by atoms with Crippen molar-refractivity contribution in [3.05, 3.63) is 53.6 Å². The van der Waals surface area contributed by atoms with Crippen molar-refractivity contribution in [3.63, 3.8) is 0 Å². The number of nitrogens with one attached hydrogen (secondary N) is 1. The number of rotatable bonds is 2. The number of hydrogen-bond acceptors (Lipinski definition) is 3. The second-order valence-corrected chi connectivity index (χ2v) is 5.08. The van der Waals surface area contributed by atoms with E-state index in [1.807, 2.05) is 49.4 Å². The Balaban J connectivity index is 1.87. The number of carbonyl (C=O) groups excluding carboxylic acids is 1. The van der Waals surface area contributed by atoms with Crippen LogP contribution in [0.25, 0.3) is 0 Å². The van der Waals surface area contributed by atoms with Crippen LogP contribution in [0.1, 0.15) is 18.1 Å². The standard InChI is InChI=1S/C17H16N2O2/c1-11-3-8-15-17(9-11)21-10-16(19-15)13-4-6-14(7-5-13)18-12(2)20/h3-9H,10H2,1-2H3,(H,18,20). The van der Waals surface area contributed by atoms with E-state index in [0.717, 1.165) is 34.0 Å². The van der Waals surface area contributed by atoms with Crippen LogP contribution < -0.4 is 10.1 Å². The molecule has 3 rings (SSSR count). The fourth-order valence-electron chi connectivity index (χ4n) is 2.25. The van der Waals surface area contributed by atoms with E-state index in [-0.39, 0.29) is 5.91 Å². The summed E-state index contributed by atoms with van der Waals surface area (Å²) in [4.78, 5) is 15.7. The first-order valence-corrected chi connectivity index (χ1v) is 6.81. The van der Waals surface area contributed by atoms with E-state index in [2.05, 4.69) is 10.3 Å². The van der Waals surface area contributed by atoms with Crippen LogP contribution in [0.5, 0.6) is 5.75 Å². The lowest BCUT2D eigenvalue weighted by molar-refractivity contribution is -0.114. The number of ether oxygens (including phenoxy) is 1. The van der Waals surface area contributed by atoms with Gasteiger partial charge in [0, 0.05) is 12.6 Å². The minimum atomic E-state index is -0.0783. The summed E-state index contributed by atoms with van der Waals surface area (Å²) in [5.41, 5.74) is 4.68. The molecule has 4 nitrogen and oxygen atoms in total. The maximum absolute atomic E-state index is 11.0. The van der Waals surface area contributed by atoms with E-state index in [9.17, 15) is 4.79 Å². The van der Waals surface area contributed by atoms with Crippen LogP contribution in [-0.4, -0.2) is 18.2 Å². The van der Waals surface area contributed by atoms with Gasteiger partial charge >= 0.3 is 0 Å². The number of anilines is 1. The third-order valence-electron chi connectivity index (χ3n) is 3.27. The number of fused-ring (bicyclic) bond motifs is 1. The Morgan fingerprint density at radius 2 is 1.95 bits per heavy atom. The van der Waals surface area contributed by atoms with Crippen LogP contribution in [0.4, 0.5) is 11.4 Å². The molecule has 0 saturated carbocycles. The zero-order chi connectivity index (χ0) is 14.8. The summed E-state index contributed by atoms with van der Waals surface area (Å²) in [7, 11) is 0. The molecule has 0 fully saturated rings. The summed E-state index contributed by atoms with van der Waals surface area (Å²) in [6.45, 7) is 3.98. The Morgan fingerprint density at radius 3 is 2.67 bits per heavy atom. The van der Waals surface area contributed by atoms with Crippen molar-refractivity contribution in [2.75, 3.05) is 11.9 Å². The molecule has 1 aliphatic rings. The molecule has 0 atom stereocenters. The Kier molecular flexibility index (Phi) is 3.44. The molecule has 0 radical (unpaired) electrons. The number of amides is 1. The van der Waals surface area contributed by atoms with Crippen LogP contribution in [-0.2, 0) is 4.79 Å². The molecule has 0 aliphatic carbocycles. The van der Waals surface area contributed by atoms with Crippen LogP contribution >= 0.6 is 0 Å². The molecule has 1 N–H and O–H groups in total. The van der Waals surface area contributed by atoms with Gasteiger partial charge in [0.05, 0.1) is 5.71 Å². The second-order valence-electron chi connectivity index (χ2n) is 5.08. The quantitative estimate of drug-likeness (QED) is 0.915. The van der Waals surface area contributed by atoms with E-state index in [1.54, 1.807) is 0 Å². The predicted octanol–water partition coefficient (Wildman–Crippen LogP) is 3.47. The molecule has 4 heteroatoms. The normalized spacial score (nSPS) is 13.0. The van der Waals surface area contributed by atoms with E-state index in [4.69, 9.17) is 4.74 Å². The molecule has 106 valence electrons. The van der Waals surface area contributed by atoms with E-state index in [1.165, 1.54) is 6.92 Å². The molecule has 0 saturated heterocycles. The highest BCUT2D eigenvalue weighted by Gasteiger charge is 2.14. The number of aryl methyl sites for hydroxylation is 1. The van der Waals surface area contributed by atoms with Crippen molar-refractivity contribution >= 4 is 23.0 Å². The third kappa shape index (κ3) is 2.94. The van der Waals surface area contributed by atoms with Crippen LogP contribution in [0, 0.1) is 6.92 Å². The van der Waals surface area contributed by atoms with Crippen molar-refractivity contribution in [3.8, 4) is 5.75 Å². The maximum Gasteiger partial charge on any atom is 0.221 e. The van der Waals surface area contributed by atoms with Crippen molar-refractivity contribution in [1.82, 2.24) is 0 Å². The zero-order valence-electron chi connectivity index (χ0n) is 12.0. The fourth-order valence-corrected chi connectivity index (χ4v) is 2.25. The summed E-state index contributed by atoms with van der Waals surface area (Å²) in [5, 5.41) is 2.75. The lowest BCUT2D eigenvalue weighted by Crippen LogP contribution is -2.16. The average Bonchev–Trinajstić information content (AvgIpc) is 2.47. The number of hydrogen-bond donors (Lipinski definition) is 1. The number of nitrogens with zero attached hydrogens (tertiary/aromatic N) is 1. The molecule has 1 heterocycles. The Labute approximate surface area is 123 Å². The molecule has 0 aromatic heterocycles. The SMILES string of the molecule is CC(=O)Nc1ccc(C2=Nc3ccc(C)cc3OC2)cc1. The smallest absolute Gasteiger partial charge is 0.221 e. The highest BCUT2D eigenvalue weighted by Crippen LogP contribution is 2.32. The second kappa shape index (κ2) is 5.40. The molecule has 2 aromatic rings. The molecule has 21 heavy (non-hydrogen) atoms. The van der Waals surface area contributed by atoms with Gasteiger partial charge in [-0.05, 0) is 42.3 Å². The summed E-state index contributed by atoms with van der Waals surface area (Å²) in [5.74, 6) is 0.749. The molecule has 0 bridgehead atoms. The molecule has 0 spiro atoms. The first-order valence-electron chi connectivity index (χ1n) is 6.81. The number of benzene rings is 2. The lowest BCUT2D eigenvalue weighted by atomic mass is 10.1. The maximum atomic E-state index is 11.0. The summed E-state index contributed by atoms with van der Waals surface area (Å²) in [6.07, 6.45) is 0. The molecular weight excluding hydrogens is 264 g/mol. The summed E-state index contributed by atoms with van der Waals surface area (Å²) >= 11 is 0. The monoisotopic (exact) mass is 280 g/mol. The molecule has 0 unspecified atom stereocenters. The Morgan fingerprint density at radius 1 is 1.19 bits per heavy atom. The average molecular weight is 280 g/mol. The molecule has 1 aliphatic heterocycles. The summed E-state index contributed by atoms with van der Waals surface area (Å²) < 4.78 is 5.77. The van der Waals surface area contributed by atoms with Gasteiger partial charge in [0.2, 0.25) is 5.91 Å². The highest BCUT2D eigenvalue weighted by atomic mass is 16.5. The van der Waals surface area contributed by atoms with E-state index < -0.39 is 0 Å². The zero-order valence-corrected chi connectivity index (χ0v) is 12.0. The Bertz CT molecular complexity index is 718. The van der Waals surface area contributed by atoms with Gasteiger partial charge in [0.1, 0.15) is 18.0 Å². The van der Waals surface area contributed by atoms with Crippen LogP contribution in [0.2, 0.25) is 0 Å². The van der Waals surface area contributed by atoms with Crippen molar-refractivity contribution in [1.29, 1.82) is 0 Å². The van der Waals surface area contributed by atoms with Gasteiger partial charge < -0.3 is 10.1 Å². The van der Waals surface area contributed by atoms with Gasteiger partial charge in [0.25, 0.3) is 0 Å². The first-order chi connectivity index (χ1) is 10.1. The van der Waals surface area contributed by atoms with Gasteiger partial charge in [-0.25, -0.2) is 4.99 Å². The Hall–Kier alpha value is -2.62. The van der Waals surface area contributed by atoms with Crippen LogP contribution in [0.15, 0.2) is 47.5 Å². The molecule has 1 amide bonds. The molecular formula is C17H16N2O2. The van der Waals surface area contributed by atoms with Gasteiger partial charge in [0.15, 0.2) is 0 Å². The lowest BCUT2D eigenvalue weighted by Gasteiger charge is -2.17. The largest absolute Gasteiger partial charge is 0.485 e. The van der Waals surface area contributed by atoms with Gasteiger partial charge in [-0.1, -0.05) is 18.2 Å². The van der Waals surface area contributed by atoms with Crippen LogP contribution in [0.3, 0.4) is 0 Å². The third-order valence-corrected chi connectivity index (χ3v) is 3.27. The van der Waals surface area contributed by atoms with Crippen molar-refractivity contribution in [2.24, 2.45) is 4.99 Å². The van der Waals surface area contributed by atoms with Crippen molar-refractivity contribution in [2.45, 2.75) is 13.8 Å². The topological polar surface area (TPSA) is 50.7 Å². The minimum Gasteiger partial charge on any atom is -0.485 e. The summed E-state index contributed by atoms with van der Waals surface area (Å²) in [6, 6.07) is 13.6. The fraction of sp³-hybridized carbons (Fsp3) is 0.176. The van der Waals surface area contributed by atoms with E-state index in [0.29, 0.717) is 6.61 Å². The minimum absolute atomic E-state index is 0.0783. The number of aliphatic imine (C=N–C) groups is 1. The van der Waals surface area contributed by atoms with Gasteiger partial charge in [-0.15, -0.1) is 0 Å². The molecule has 2 aromatic carbocycles.